The number of ether oxygens (including phenoxy) is 2. The second-order valence-corrected chi connectivity index (χ2v) is 12.0. The number of hydrogen-bond acceptors (Lipinski definition) is 8. The minimum Gasteiger partial charge on any atom is -0.497 e. The van der Waals surface area contributed by atoms with Gasteiger partial charge in [-0.15, -0.1) is 0 Å². The summed E-state index contributed by atoms with van der Waals surface area (Å²) in [5.74, 6) is 1.51. The molecule has 8 rings (SSSR count). The SMILES string of the molecule is COc1ccc([C@@H]2NC(=O)c3cccc4c3N2CC[C@@H]4N)cc1.COc1ccc([C@H]2NC(=O)c3cccc4c3N2CC[C@H]4N)cc1. The summed E-state index contributed by atoms with van der Waals surface area (Å²) in [6, 6.07) is 27.2. The van der Waals surface area contributed by atoms with Crippen LogP contribution in [0.3, 0.4) is 0 Å². The van der Waals surface area contributed by atoms with Crippen molar-refractivity contribution in [2.24, 2.45) is 11.5 Å². The summed E-state index contributed by atoms with van der Waals surface area (Å²) in [5.41, 5.74) is 20.1. The van der Waals surface area contributed by atoms with E-state index in [4.69, 9.17) is 20.9 Å². The lowest BCUT2D eigenvalue weighted by Crippen LogP contribution is -2.49. The highest BCUT2D eigenvalue weighted by molar-refractivity contribution is 6.04. The lowest BCUT2D eigenvalue weighted by Gasteiger charge is -2.44. The van der Waals surface area contributed by atoms with Gasteiger partial charge >= 0.3 is 0 Å². The summed E-state index contributed by atoms with van der Waals surface area (Å²) >= 11 is 0. The number of rotatable bonds is 4. The Labute approximate surface area is 268 Å². The molecule has 4 aromatic rings. The molecule has 0 saturated heterocycles. The largest absolute Gasteiger partial charge is 0.497 e. The molecule has 46 heavy (non-hydrogen) atoms. The molecule has 2 amide bonds. The molecule has 0 aromatic heterocycles. The fourth-order valence-electron chi connectivity index (χ4n) is 6.99. The molecule has 6 N–H and O–H groups in total. The number of nitrogens with two attached hydrogens (primary N) is 2. The van der Waals surface area contributed by atoms with Gasteiger partial charge in [0.05, 0.1) is 36.7 Å². The van der Waals surface area contributed by atoms with E-state index >= 15 is 0 Å². The highest BCUT2D eigenvalue weighted by Crippen LogP contribution is 2.43. The molecule has 0 bridgehead atoms. The minimum atomic E-state index is -0.172. The van der Waals surface area contributed by atoms with Crippen LogP contribution in [0.25, 0.3) is 0 Å². The van der Waals surface area contributed by atoms with E-state index in [1.807, 2.05) is 84.9 Å². The number of carbonyl (C=O) groups is 2. The van der Waals surface area contributed by atoms with Crippen LogP contribution in [-0.2, 0) is 0 Å². The van der Waals surface area contributed by atoms with Gasteiger partial charge < -0.3 is 41.4 Å². The second-order valence-electron chi connectivity index (χ2n) is 12.0. The van der Waals surface area contributed by atoms with Crippen LogP contribution >= 0.6 is 0 Å². The summed E-state index contributed by atoms with van der Waals surface area (Å²) in [7, 11) is 3.29. The Morgan fingerprint density at radius 1 is 0.609 bits per heavy atom. The van der Waals surface area contributed by atoms with Crippen molar-refractivity contribution in [1.29, 1.82) is 0 Å². The van der Waals surface area contributed by atoms with Gasteiger partial charge in [0.2, 0.25) is 0 Å². The highest BCUT2D eigenvalue weighted by Gasteiger charge is 2.38. The number of benzene rings is 4. The second kappa shape index (κ2) is 12.0. The molecule has 236 valence electrons. The predicted octanol–water partition coefficient (Wildman–Crippen LogP) is 4.69. The molecule has 4 aliphatic rings. The van der Waals surface area contributed by atoms with E-state index in [-0.39, 0.29) is 36.2 Å². The Hall–Kier alpha value is -5.06. The van der Waals surface area contributed by atoms with Crippen molar-refractivity contribution in [3.8, 4) is 11.5 Å². The number of amides is 2. The van der Waals surface area contributed by atoms with E-state index in [0.717, 1.165) is 71.1 Å². The van der Waals surface area contributed by atoms with Crippen LogP contribution in [0.2, 0.25) is 0 Å². The first kappa shape index (κ1) is 29.6. The Morgan fingerprint density at radius 2 is 1.00 bits per heavy atom. The van der Waals surface area contributed by atoms with Gasteiger partial charge in [-0.2, -0.15) is 0 Å². The van der Waals surface area contributed by atoms with Crippen LogP contribution in [0.15, 0.2) is 84.9 Å². The molecular formula is C36H38N6O4. The summed E-state index contributed by atoms with van der Waals surface area (Å²) in [6.07, 6.45) is 1.40. The summed E-state index contributed by atoms with van der Waals surface area (Å²) in [6.45, 7) is 1.64. The maximum absolute atomic E-state index is 12.5. The number of para-hydroxylation sites is 2. The van der Waals surface area contributed by atoms with Crippen molar-refractivity contribution in [3.05, 3.63) is 118 Å². The van der Waals surface area contributed by atoms with Crippen LogP contribution in [0, 0.1) is 0 Å². The van der Waals surface area contributed by atoms with E-state index < -0.39 is 0 Å². The molecule has 0 radical (unpaired) electrons. The standard InChI is InChI=1S/2C18H19N3O2/c2*1-23-12-7-5-11(6-8-12)17-20-18(22)14-4-2-3-13-15(19)9-10-21(17)16(13)14/h2*2-8,15,17H,9-10,19H2,1H3,(H,20,22)/t2*15-,17+/m10/s1. The van der Waals surface area contributed by atoms with Crippen LogP contribution in [-0.4, -0.2) is 39.1 Å². The number of hydrogen-bond donors (Lipinski definition) is 4. The van der Waals surface area contributed by atoms with Gasteiger partial charge in [-0.3, -0.25) is 9.59 Å². The average Bonchev–Trinajstić information content (AvgIpc) is 3.10. The third-order valence-corrected chi connectivity index (χ3v) is 9.38. The Balaban J connectivity index is 0.000000147. The monoisotopic (exact) mass is 618 g/mol. The van der Waals surface area contributed by atoms with Crippen molar-refractivity contribution in [1.82, 2.24) is 10.6 Å². The zero-order valence-electron chi connectivity index (χ0n) is 25.9. The summed E-state index contributed by atoms with van der Waals surface area (Å²) in [4.78, 5) is 29.6. The van der Waals surface area contributed by atoms with Gasteiger partial charge in [0.15, 0.2) is 0 Å². The third-order valence-electron chi connectivity index (χ3n) is 9.38. The zero-order valence-corrected chi connectivity index (χ0v) is 25.9. The topological polar surface area (TPSA) is 135 Å². The minimum absolute atomic E-state index is 0.0105. The number of methoxy groups -OCH3 is 2. The van der Waals surface area contributed by atoms with E-state index in [1.54, 1.807) is 14.2 Å². The first-order chi connectivity index (χ1) is 22.4. The molecule has 4 heterocycles. The molecular weight excluding hydrogens is 580 g/mol. The first-order valence-electron chi connectivity index (χ1n) is 15.6. The van der Waals surface area contributed by atoms with Crippen LogP contribution in [0.1, 0.15) is 80.2 Å². The lowest BCUT2D eigenvalue weighted by atomic mass is 9.90. The molecule has 4 aromatic carbocycles. The summed E-state index contributed by atoms with van der Waals surface area (Å²) in [5, 5.41) is 6.22. The molecule has 4 atom stereocenters. The average molecular weight is 619 g/mol. The normalized spacial score (nSPS) is 22.3. The predicted molar refractivity (Wildman–Crippen MR) is 177 cm³/mol. The Morgan fingerprint density at radius 3 is 1.37 bits per heavy atom. The molecule has 0 spiro atoms. The number of nitrogens with one attached hydrogen (secondary N) is 2. The number of carbonyl (C=O) groups excluding carboxylic acids is 2. The van der Waals surface area contributed by atoms with E-state index in [0.29, 0.717) is 11.1 Å². The van der Waals surface area contributed by atoms with Gasteiger partial charge in [0.25, 0.3) is 11.8 Å². The van der Waals surface area contributed by atoms with E-state index in [9.17, 15) is 9.59 Å². The Bertz CT molecular complexity index is 1650. The highest BCUT2D eigenvalue weighted by atomic mass is 16.5. The molecule has 10 nitrogen and oxygen atoms in total. The Kier molecular flexibility index (Phi) is 7.75. The molecule has 10 heteroatoms. The molecule has 0 aliphatic carbocycles. The van der Waals surface area contributed by atoms with Gasteiger partial charge in [0.1, 0.15) is 23.8 Å². The fraction of sp³-hybridized carbons (Fsp3) is 0.278. The van der Waals surface area contributed by atoms with Crippen LogP contribution < -0.4 is 41.4 Å². The lowest BCUT2D eigenvalue weighted by molar-refractivity contribution is 0.0916. The molecule has 0 unspecified atom stereocenters. The zero-order chi connectivity index (χ0) is 31.9. The maximum atomic E-state index is 12.5. The fourth-order valence-corrected chi connectivity index (χ4v) is 6.99. The van der Waals surface area contributed by atoms with Crippen molar-refractivity contribution in [2.45, 2.75) is 37.3 Å². The van der Waals surface area contributed by atoms with Gasteiger partial charge in [-0.05, 0) is 71.5 Å². The molecule has 4 aliphatic heterocycles. The number of anilines is 2. The van der Waals surface area contributed by atoms with Crippen molar-refractivity contribution in [2.75, 3.05) is 37.1 Å². The van der Waals surface area contributed by atoms with Crippen molar-refractivity contribution in [3.63, 3.8) is 0 Å². The van der Waals surface area contributed by atoms with Crippen molar-refractivity contribution >= 4 is 23.2 Å². The van der Waals surface area contributed by atoms with Gasteiger partial charge in [0, 0.05) is 25.2 Å². The van der Waals surface area contributed by atoms with Gasteiger partial charge in [-0.1, -0.05) is 48.5 Å². The van der Waals surface area contributed by atoms with Crippen molar-refractivity contribution < 1.29 is 19.1 Å². The maximum Gasteiger partial charge on any atom is 0.255 e. The van der Waals surface area contributed by atoms with E-state index in [2.05, 4.69) is 20.4 Å². The molecule has 0 fully saturated rings. The number of nitrogens with zero attached hydrogens (tertiary/aromatic N) is 2. The first-order valence-corrected chi connectivity index (χ1v) is 15.6. The molecule has 0 saturated carbocycles. The van der Waals surface area contributed by atoms with Crippen LogP contribution in [0.5, 0.6) is 11.5 Å². The van der Waals surface area contributed by atoms with Crippen LogP contribution in [0.4, 0.5) is 11.4 Å². The quantitative estimate of drug-likeness (QED) is 0.259. The van der Waals surface area contributed by atoms with E-state index in [1.165, 1.54) is 0 Å². The summed E-state index contributed by atoms with van der Waals surface area (Å²) < 4.78 is 10.4. The van der Waals surface area contributed by atoms with Gasteiger partial charge in [-0.25, -0.2) is 0 Å². The smallest absolute Gasteiger partial charge is 0.255 e. The third kappa shape index (κ3) is 5.09.